The van der Waals surface area contributed by atoms with Gasteiger partial charge in [-0.25, -0.2) is 4.98 Å². The highest BCUT2D eigenvalue weighted by Crippen LogP contribution is 2.35. The molecular formula is C20H24N6O3S2. The number of anilines is 1. The van der Waals surface area contributed by atoms with Crippen molar-refractivity contribution < 1.29 is 9.59 Å². The van der Waals surface area contributed by atoms with Crippen molar-refractivity contribution in [2.45, 2.75) is 64.3 Å². The summed E-state index contributed by atoms with van der Waals surface area (Å²) < 4.78 is 1.31. The van der Waals surface area contributed by atoms with Gasteiger partial charge in [0.2, 0.25) is 11.0 Å². The van der Waals surface area contributed by atoms with E-state index in [-0.39, 0.29) is 11.5 Å². The predicted octanol–water partition coefficient (Wildman–Crippen LogP) is 3.35. The van der Waals surface area contributed by atoms with Crippen LogP contribution in [0.1, 0.15) is 77.7 Å². The minimum Gasteiger partial charge on any atom is -0.365 e. The van der Waals surface area contributed by atoms with Gasteiger partial charge in [0.1, 0.15) is 15.9 Å². The van der Waals surface area contributed by atoms with Crippen molar-refractivity contribution in [3.63, 3.8) is 0 Å². The fraction of sp³-hybridized carbons (Fsp3) is 0.500. The van der Waals surface area contributed by atoms with Crippen LogP contribution >= 0.6 is 22.7 Å². The average Bonchev–Trinajstić information content (AvgIpc) is 3.36. The number of carbonyl (C=O) groups is 2. The number of primary amides is 1. The third-order valence-corrected chi connectivity index (χ3v) is 7.97. The second kappa shape index (κ2) is 8.83. The first-order chi connectivity index (χ1) is 14.9. The summed E-state index contributed by atoms with van der Waals surface area (Å²) in [4.78, 5) is 42.8. The number of nitrogens with two attached hydrogens (primary N) is 1. The van der Waals surface area contributed by atoms with Gasteiger partial charge < -0.3 is 5.73 Å². The number of aromatic nitrogens is 4. The molecule has 3 heterocycles. The molecule has 1 fully saturated rings. The van der Waals surface area contributed by atoms with Gasteiger partial charge in [-0.1, -0.05) is 37.5 Å². The van der Waals surface area contributed by atoms with Gasteiger partial charge in [0, 0.05) is 5.92 Å². The SMILES string of the molecule is CCC(C(=O)Nc1nnc(C2CCCCC2)s1)n1cnc2sc(C(N)=O)c(C)c2c1=O. The Balaban J connectivity index is 1.59. The van der Waals surface area contributed by atoms with Crippen LogP contribution in [-0.4, -0.2) is 31.6 Å². The van der Waals surface area contributed by atoms with E-state index in [4.69, 9.17) is 5.73 Å². The Morgan fingerprint density at radius 1 is 1.26 bits per heavy atom. The third kappa shape index (κ3) is 4.11. The number of carbonyl (C=O) groups excluding carboxylic acids is 2. The zero-order valence-electron chi connectivity index (χ0n) is 17.4. The van der Waals surface area contributed by atoms with E-state index in [9.17, 15) is 14.4 Å². The lowest BCUT2D eigenvalue weighted by Crippen LogP contribution is -2.33. The fourth-order valence-electron chi connectivity index (χ4n) is 4.09. The van der Waals surface area contributed by atoms with E-state index in [0.29, 0.717) is 38.1 Å². The second-order valence-corrected chi connectivity index (χ2v) is 9.76. The molecule has 4 rings (SSSR count). The van der Waals surface area contributed by atoms with Crippen LogP contribution in [0.15, 0.2) is 11.1 Å². The van der Waals surface area contributed by atoms with Crippen molar-refractivity contribution >= 4 is 49.8 Å². The number of thiophene rings is 1. The molecule has 11 heteroatoms. The van der Waals surface area contributed by atoms with Crippen LogP contribution in [0.4, 0.5) is 5.13 Å². The number of amides is 2. The fourth-order valence-corrected chi connectivity index (χ4v) is 6.00. The van der Waals surface area contributed by atoms with Crippen molar-refractivity contribution in [2.75, 3.05) is 5.32 Å². The molecule has 3 aromatic rings. The maximum absolute atomic E-state index is 13.1. The van der Waals surface area contributed by atoms with Crippen molar-refractivity contribution in [3.05, 3.63) is 32.1 Å². The smallest absolute Gasteiger partial charge is 0.263 e. The van der Waals surface area contributed by atoms with Gasteiger partial charge in [0.05, 0.1) is 16.6 Å². The molecule has 31 heavy (non-hydrogen) atoms. The first-order valence-electron chi connectivity index (χ1n) is 10.3. The van der Waals surface area contributed by atoms with E-state index in [1.807, 2.05) is 6.92 Å². The minimum atomic E-state index is -0.761. The maximum Gasteiger partial charge on any atom is 0.263 e. The Kier molecular flexibility index (Phi) is 6.15. The number of fused-ring (bicyclic) bond motifs is 1. The number of aryl methyl sites for hydroxylation is 1. The monoisotopic (exact) mass is 460 g/mol. The number of hydrogen-bond donors (Lipinski definition) is 2. The largest absolute Gasteiger partial charge is 0.365 e. The Hall–Kier alpha value is -2.66. The maximum atomic E-state index is 13.1. The molecule has 164 valence electrons. The first kappa shape index (κ1) is 21.6. The van der Waals surface area contributed by atoms with Crippen LogP contribution in [0.5, 0.6) is 0 Å². The Morgan fingerprint density at radius 3 is 2.68 bits per heavy atom. The van der Waals surface area contributed by atoms with Gasteiger partial charge >= 0.3 is 0 Å². The lowest BCUT2D eigenvalue weighted by atomic mass is 9.90. The Labute approximate surface area is 186 Å². The van der Waals surface area contributed by atoms with Crippen LogP contribution in [0, 0.1) is 6.92 Å². The normalized spacial score (nSPS) is 15.8. The summed E-state index contributed by atoms with van der Waals surface area (Å²) in [6, 6.07) is -0.761. The molecule has 3 N–H and O–H groups in total. The highest BCUT2D eigenvalue weighted by Gasteiger charge is 2.26. The molecule has 0 aromatic carbocycles. The quantitative estimate of drug-likeness (QED) is 0.579. The summed E-state index contributed by atoms with van der Waals surface area (Å²) in [6.45, 7) is 3.49. The Bertz CT molecular complexity index is 1190. The van der Waals surface area contributed by atoms with Gasteiger partial charge in [-0.05, 0) is 31.7 Å². The molecule has 0 spiro atoms. The zero-order chi connectivity index (χ0) is 22.1. The van der Waals surface area contributed by atoms with Crippen LogP contribution in [0.3, 0.4) is 0 Å². The molecule has 0 radical (unpaired) electrons. The Morgan fingerprint density at radius 2 is 2.00 bits per heavy atom. The first-order valence-corrected chi connectivity index (χ1v) is 12.0. The van der Waals surface area contributed by atoms with Gasteiger partial charge in [0.25, 0.3) is 11.5 Å². The van der Waals surface area contributed by atoms with Gasteiger partial charge in [0.15, 0.2) is 0 Å². The minimum absolute atomic E-state index is 0.305. The summed E-state index contributed by atoms with van der Waals surface area (Å²) in [5.74, 6) is -0.532. The molecular weight excluding hydrogens is 436 g/mol. The second-order valence-electron chi connectivity index (χ2n) is 7.75. The van der Waals surface area contributed by atoms with Crippen LogP contribution in [0.2, 0.25) is 0 Å². The van der Waals surface area contributed by atoms with Gasteiger partial charge in [-0.3, -0.25) is 24.3 Å². The number of nitrogens with zero attached hydrogens (tertiary/aromatic N) is 4. The topological polar surface area (TPSA) is 133 Å². The molecule has 1 saturated carbocycles. The molecule has 1 aliphatic carbocycles. The van der Waals surface area contributed by atoms with E-state index >= 15 is 0 Å². The van der Waals surface area contributed by atoms with Crippen molar-refractivity contribution in [1.29, 1.82) is 0 Å². The molecule has 0 aliphatic heterocycles. The van der Waals surface area contributed by atoms with Crippen molar-refractivity contribution in [2.24, 2.45) is 5.73 Å². The summed E-state index contributed by atoms with van der Waals surface area (Å²) in [5, 5.41) is 12.9. The molecule has 2 amide bonds. The molecule has 0 bridgehead atoms. The lowest BCUT2D eigenvalue weighted by molar-refractivity contribution is -0.119. The standard InChI is InChI=1S/C20H24N6O3S2/c1-3-12(16(28)23-20-25-24-17(31-20)11-7-5-4-6-8-11)26-9-22-18-13(19(26)29)10(2)14(30-18)15(21)27/h9,11-12H,3-8H2,1-2H3,(H2,21,27)(H,23,25,28). The highest BCUT2D eigenvalue weighted by molar-refractivity contribution is 7.20. The molecule has 1 aliphatic rings. The lowest BCUT2D eigenvalue weighted by Gasteiger charge is -2.18. The van der Waals surface area contributed by atoms with E-state index < -0.39 is 11.9 Å². The van der Waals surface area contributed by atoms with Gasteiger partial charge in [-0.15, -0.1) is 21.5 Å². The van der Waals surface area contributed by atoms with Crippen molar-refractivity contribution in [3.8, 4) is 0 Å². The van der Waals surface area contributed by atoms with E-state index in [1.165, 1.54) is 41.5 Å². The van der Waals surface area contributed by atoms with Gasteiger partial charge in [-0.2, -0.15) is 0 Å². The molecule has 9 nitrogen and oxygen atoms in total. The van der Waals surface area contributed by atoms with Crippen LogP contribution in [-0.2, 0) is 4.79 Å². The molecule has 1 unspecified atom stereocenters. The van der Waals surface area contributed by atoms with Crippen molar-refractivity contribution in [1.82, 2.24) is 19.7 Å². The highest BCUT2D eigenvalue weighted by atomic mass is 32.1. The number of nitrogens with one attached hydrogen (secondary N) is 1. The average molecular weight is 461 g/mol. The summed E-state index contributed by atoms with van der Waals surface area (Å²) in [6.07, 6.45) is 7.60. The van der Waals surface area contributed by atoms with E-state index in [1.54, 1.807) is 6.92 Å². The number of rotatable bonds is 6. The van der Waals surface area contributed by atoms with Crippen LogP contribution < -0.4 is 16.6 Å². The van der Waals surface area contributed by atoms with Crippen LogP contribution in [0.25, 0.3) is 10.2 Å². The molecule has 1 atom stereocenters. The van der Waals surface area contributed by atoms with E-state index in [0.717, 1.165) is 29.2 Å². The predicted molar refractivity (Wildman–Crippen MR) is 121 cm³/mol. The molecule has 0 saturated heterocycles. The molecule has 3 aromatic heterocycles. The summed E-state index contributed by atoms with van der Waals surface area (Å²) in [7, 11) is 0. The van der Waals surface area contributed by atoms with E-state index in [2.05, 4.69) is 20.5 Å². The summed E-state index contributed by atoms with van der Waals surface area (Å²) >= 11 is 2.48. The summed E-state index contributed by atoms with van der Waals surface area (Å²) in [5.41, 5.74) is 5.53. The third-order valence-electron chi connectivity index (χ3n) is 5.75. The zero-order valence-corrected chi connectivity index (χ0v) is 19.0. The number of hydrogen-bond acceptors (Lipinski definition) is 8.